The van der Waals surface area contributed by atoms with Gasteiger partial charge in [-0.1, -0.05) is 35.5 Å². The van der Waals surface area contributed by atoms with E-state index in [4.69, 9.17) is 11.6 Å². The van der Waals surface area contributed by atoms with Crippen LogP contribution in [0.5, 0.6) is 0 Å². The van der Waals surface area contributed by atoms with Gasteiger partial charge in [-0.3, -0.25) is 9.36 Å². The maximum Gasteiger partial charge on any atom is 0.237 e. The highest BCUT2D eigenvalue weighted by Gasteiger charge is 2.19. The van der Waals surface area contributed by atoms with E-state index in [-0.39, 0.29) is 16.3 Å². The number of amides is 1. The van der Waals surface area contributed by atoms with E-state index in [2.05, 4.69) is 35.2 Å². The van der Waals surface area contributed by atoms with Crippen LogP contribution >= 0.6 is 23.4 Å². The number of carbonyl (C=O) groups excluding carboxylic acids is 1. The van der Waals surface area contributed by atoms with Crippen molar-refractivity contribution in [3.63, 3.8) is 0 Å². The maximum absolute atomic E-state index is 12.5. The number of aromatic nitrogens is 3. The molecule has 0 spiro atoms. The average molecular weight is 387 g/mol. The molecule has 0 aliphatic rings. The molecule has 0 saturated heterocycles. The molecule has 7 heteroatoms. The number of hydrogen-bond acceptors (Lipinski definition) is 4. The summed E-state index contributed by atoms with van der Waals surface area (Å²) in [4.78, 5) is 20.9. The standard InChI is InChI=1S/C19H19ClN4OS/c1-12-6-4-8-16(13(12)2)24-11-10-22-19(24)26-14(3)18(25)23-15-7-5-9-21-17(15)20/h4-11,14H,1-3H3,(H,23,25). The van der Waals surface area contributed by atoms with Crippen LogP contribution in [0.25, 0.3) is 5.69 Å². The van der Waals surface area contributed by atoms with Crippen molar-refractivity contribution in [1.29, 1.82) is 0 Å². The first-order chi connectivity index (χ1) is 12.5. The number of nitrogens with zero attached hydrogens (tertiary/aromatic N) is 3. The Labute approximate surface area is 161 Å². The van der Waals surface area contributed by atoms with Crippen LogP contribution in [0.1, 0.15) is 18.1 Å². The van der Waals surface area contributed by atoms with E-state index in [0.717, 1.165) is 10.8 Å². The zero-order valence-electron chi connectivity index (χ0n) is 14.7. The predicted molar refractivity (Wildman–Crippen MR) is 106 cm³/mol. The number of pyridine rings is 1. The van der Waals surface area contributed by atoms with E-state index in [9.17, 15) is 4.79 Å². The number of anilines is 1. The Morgan fingerprint density at radius 1 is 1.19 bits per heavy atom. The number of benzene rings is 1. The van der Waals surface area contributed by atoms with E-state index in [1.807, 2.05) is 29.8 Å². The molecule has 0 fully saturated rings. The molecule has 0 aliphatic heterocycles. The smallest absolute Gasteiger partial charge is 0.237 e. The Morgan fingerprint density at radius 3 is 2.77 bits per heavy atom. The molecule has 3 aromatic rings. The fourth-order valence-electron chi connectivity index (χ4n) is 2.48. The zero-order chi connectivity index (χ0) is 18.7. The highest BCUT2D eigenvalue weighted by Crippen LogP contribution is 2.28. The molecule has 1 N–H and O–H groups in total. The number of carbonyl (C=O) groups is 1. The lowest BCUT2D eigenvalue weighted by molar-refractivity contribution is -0.115. The summed E-state index contributed by atoms with van der Waals surface area (Å²) in [6, 6.07) is 9.60. The molecular weight excluding hydrogens is 368 g/mol. The maximum atomic E-state index is 12.5. The molecule has 0 bridgehead atoms. The average Bonchev–Trinajstić information content (AvgIpc) is 3.07. The Morgan fingerprint density at radius 2 is 2.00 bits per heavy atom. The Kier molecular flexibility index (Phi) is 5.64. The van der Waals surface area contributed by atoms with Crippen molar-refractivity contribution in [2.45, 2.75) is 31.2 Å². The number of aryl methyl sites for hydroxylation is 1. The van der Waals surface area contributed by atoms with Gasteiger partial charge in [-0.25, -0.2) is 9.97 Å². The summed E-state index contributed by atoms with van der Waals surface area (Å²) in [7, 11) is 0. The van der Waals surface area contributed by atoms with Crippen LogP contribution < -0.4 is 5.32 Å². The molecule has 3 rings (SSSR count). The summed E-state index contributed by atoms with van der Waals surface area (Å²) in [6.07, 6.45) is 5.23. The highest BCUT2D eigenvalue weighted by atomic mass is 35.5. The number of imidazole rings is 1. The van der Waals surface area contributed by atoms with Crippen molar-refractivity contribution >= 4 is 35.0 Å². The van der Waals surface area contributed by atoms with Crippen molar-refractivity contribution in [1.82, 2.24) is 14.5 Å². The third kappa shape index (κ3) is 3.92. The SMILES string of the molecule is Cc1cccc(-n2ccnc2SC(C)C(=O)Nc2cccnc2Cl)c1C. The lowest BCUT2D eigenvalue weighted by atomic mass is 10.1. The van der Waals surface area contributed by atoms with Gasteiger partial charge in [-0.15, -0.1) is 0 Å². The van der Waals surface area contributed by atoms with Crippen LogP contribution in [0.15, 0.2) is 54.1 Å². The summed E-state index contributed by atoms with van der Waals surface area (Å²) in [5.41, 5.74) is 3.97. The van der Waals surface area contributed by atoms with Crippen LogP contribution in [0.4, 0.5) is 5.69 Å². The minimum Gasteiger partial charge on any atom is -0.322 e. The van der Waals surface area contributed by atoms with Crippen molar-refractivity contribution in [3.05, 3.63) is 65.2 Å². The number of rotatable bonds is 5. The highest BCUT2D eigenvalue weighted by molar-refractivity contribution is 8.00. The molecule has 1 atom stereocenters. The molecular formula is C19H19ClN4OS. The first kappa shape index (κ1) is 18.5. The predicted octanol–water partition coefficient (Wildman–Crippen LogP) is 4.66. The van der Waals surface area contributed by atoms with E-state index >= 15 is 0 Å². The van der Waals surface area contributed by atoms with Gasteiger partial charge in [-0.05, 0) is 50.1 Å². The van der Waals surface area contributed by atoms with E-state index in [1.54, 1.807) is 24.5 Å². The molecule has 1 amide bonds. The Hall–Kier alpha value is -2.31. The largest absolute Gasteiger partial charge is 0.322 e. The summed E-state index contributed by atoms with van der Waals surface area (Å²) < 4.78 is 2.01. The topological polar surface area (TPSA) is 59.8 Å². The van der Waals surface area contributed by atoms with Gasteiger partial charge in [0, 0.05) is 18.6 Å². The van der Waals surface area contributed by atoms with Gasteiger partial charge in [0.2, 0.25) is 5.91 Å². The van der Waals surface area contributed by atoms with Gasteiger partial charge in [0.1, 0.15) is 0 Å². The molecule has 2 aromatic heterocycles. The number of nitrogens with one attached hydrogen (secondary N) is 1. The van der Waals surface area contributed by atoms with E-state index in [1.165, 1.54) is 22.9 Å². The van der Waals surface area contributed by atoms with Crippen LogP contribution in [0, 0.1) is 13.8 Å². The van der Waals surface area contributed by atoms with Crippen molar-refractivity contribution in [2.75, 3.05) is 5.32 Å². The monoisotopic (exact) mass is 386 g/mol. The summed E-state index contributed by atoms with van der Waals surface area (Å²) in [6.45, 7) is 6.00. The molecule has 1 unspecified atom stereocenters. The van der Waals surface area contributed by atoms with Gasteiger partial charge in [0.15, 0.2) is 10.3 Å². The Balaban J connectivity index is 1.78. The van der Waals surface area contributed by atoms with Gasteiger partial charge in [0.25, 0.3) is 0 Å². The molecule has 134 valence electrons. The quantitative estimate of drug-likeness (QED) is 0.512. The van der Waals surface area contributed by atoms with Gasteiger partial charge in [-0.2, -0.15) is 0 Å². The van der Waals surface area contributed by atoms with Crippen molar-refractivity contribution in [2.24, 2.45) is 0 Å². The normalized spacial score (nSPS) is 12.0. The van der Waals surface area contributed by atoms with Gasteiger partial charge >= 0.3 is 0 Å². The van der Waals surface area contributed by atoms with Gasteiger partial charge < -0.3 is 5.32 Å². The second-order valence-electron chi connectivity index (χ2n) is 5.89. The number of hydrogen-bond donors (Lipinski definition) is 1. The first-order valence-electron chi connectivity index (χ1n) is 8.15. The summed E-state index contributed by atoms with van der Waals surface area (Å²) in [5, 5.41) is 3.50. The molecule has 1 aromatic carbocycles. The fourth-order valence-corrected chi connectivity index (χ4v) is 3.53. The molecule has 2 heterocycles. The first-order valence-corrected chi connectivity index (χ1v) is 9.41. The van der Waals surface area contributed by atoms with Crippen LogP contribution in [-0.4, -0.2) is 25.7 Å². The summed E-state index contributed by atoms with van der Waals surface area (Å²) in [5.74, 6) is -0.152. The van der Waals surface area contributed by atoms with Crippen LogP contribution in [0.2, 0.25) is 5.15 Å². The minimum absolute atomic E-state index is 0.152. The molecule has 0 radical (unpaired) electrons. The fraction of sp³-hybridized carbons (Fsp3) is 0.211. The second kappa shape index (κ2) is 7.93. The van der Waals surface area contributed by atoms with E-state index in [0.29, 0.717) is 5.69 Å². The zero-order valence-corrected chi connectivity index (χ0v) is 16.3. The van der Waals surface area contributed by atoms with Crippen LogP contribution in [0.3, 0.4) is 0 Å². The minimum atomic E-state index is -0.350. The second-order valence-corrected chi connectivity index (χ2v) is 7.56. The van der Waals surface area contributed by atoms with Gasteiger partial charge in [0.05, 0.1) is 16.6 Å². The molecule has 26 heavy (non-hydrogen) atoms. The number of halogens is 1. The number of thioether (sulfide) groups is 1. The third-order valence-corrected chi connectivity index (χ3v) is 5.49. The molecule has 5 nitrogen and oxygen atoms in total. The van der Waals surface area contributed by atoms with Crippen molar-refractivity contribution in [3.8, 4) is 5.69 Å². The van der Waals surface area contributed by atoms with E-state index < -0.39 is 0 Å². The third-order valence-electron chi connectivity index (χ3n) is 4.11. The molecule has 0 saturated carbocycles. The Bertz CT molecular complexity index is 941. The molecule has 0 aliphatic carbocycles. The van der Waals surface area contributed by atoms with Crippen molar-refractivity contribution < 1.29 is 4.79 Å². The van der Waals surface area contributed by atoms with Crippen LogP contribution in [-0.2, 0) is 4.79 Å². The lowest BCUT2D eigenvalue weighted by Crippen LogP contribution is -2.23. The summed E-state index contributed by atoms with van der Waals surface area (Å²) >= 11 is 7.40. The lowest BCUT2D eigenvalue weighted by Gasteiger charge is -2.15.